The fourth-order valence-corrected chi connectivity index (χ4v) is 4.09. The highest BCUT2D eigenvalue weighted by molar-refractivity contribution is 6.10. The molecule has 0 amide bonds. The zero-order valence-corrected chi connectivity index (χ0v) is 19.0. The molecule has 0 fully saturated rings. The minimum atomic E-state index is 0.0439. The molecule has 0 bridgehead atoms. The van der Waals surface area contributed by atoms with Gasteiger partial charge in [0.25, 0.3) is 0 Å². The van der Waals surface area contributed by atoms with Crippen LogP contribution in [0.1, 0.15) is 58.2 Å². The maximum atomic E-state index is 9.50. The van der Waals surface area contributed by atoms with Gasteiger partial charge in [-0.3, -0.25) is 0 Å². The maximum Gasteiger partial charge on any atom is 0.190 e. The Morgan fingerprint density at radius 2 is 1.29 bits per heavy atom. The molecule has 0 saturated heterocycles. The van der Waals surface area contributed by atoms with Gasteiger partial charge >= 0.3 is 0 Å². The van der Waals surface area contributed by atoms with Crippen LogP contribution in [0, 0.1) is 17.9 Å². The van der Waals surface area contributed by atoms with Crippen molar-refractivity contribution < 1.29 is 0 Å². The largest absolute Gasteiger partial charge is 0.310 e. The Morgan fingerprint density at radius 3 is 1.71 bits per heavy atom. The van der Waals surface area contributed by atoms with Crippen LogP contribution in [0.4, 0.5) is 5.69 Å². The molecule has 3 nitrogen and oxygen atoms in total. The summed E-state index contributed by atoms with van der Waals surface area (Å²) in [5.74, 6) is 0. The lowest BCUT2D eigenvalue weighted by Gasteiger charge is -2.19. The van der Waals surface area contributed by atoms with Gasteiger partial charge in [0.15, 0.2) is 5.69 Å². The van der Waals surface area contributed by atoms with E-state index in [1.807, 2.05) is 12.1 Å². The molecule has 0 N–H and O–H groups in total. The number of nitriles is 1. The number of aromatic nitrogens is 1. The average molecular weight is 406 g/mol. The van der Waals surface area contributed by atoms with Crippen LogP contribution >= 0.6 is 0 Å². The number of hydrogen-bond acceptors (Lipinski definition) is 1. The molecule has 3 heteroatoms. The fourth-order valence-electron chi connectivity index (χ4n) is 4.09. The molecule has 3 aromatic carbocycles. The monoisotopic (exact) mass is 405 g/mol. The van der Waals surface area contributed by atoms with Gasteiger partial charge in [-0.1, -0.05) is 53.7 Å². The van der Waals surface area contributed by atoms with Gasteiger partial charge in [-0.15, -0.1) is 0 Å². The van der Waals surface area contributed by atoms with E-state index in [1.54, 1.807) is 6.07 Å². The summed E-state index contributed by atoms with van der Waals surface area (Å²) in [6, 6.07) is 20.9. The van der Waals surface area contributed by atoms with E-state index in [4.69, 9.17) is 6.57 Å². The third-order valence-corrected chi connectivity index (χ3v) is 5.92. The molecule has 0 aliphatic carbocycles. The van der Waals surface area contributed by atoms with Crippen molar-refractivity contribution in [3.8, 4) is 11.8 Å². The maximum absolute atomic E-state index is 9.50. The third-order valence-electron chi connectivity index (χ3n) is 5.92. The van der Waals surface area contributed by atoms with Crippen LogP contribution in [0.15, 0.2) is 54.6 Å². The van der Waals surface area contributed by atoms with E-state index in [2.05, 4.69) is 93.4 Å². The first kappa shape index (κ1) is 20.7. The molecule has 1 aromatic heterocycles. The molecular weight excluding hydrogens is 378 g/mol. The molecule has 0 radical (unpaired) electrons. The first-order valence-corrected chi connectivity index (χ1v) is 10.5. The van der Waals surface area contributed by atoms with E-state index < -0.39 is 0 Å². The Kier molecular flexibility index (Phi) is 4.68. The predicted octanol–water partition coefficient (Wildman–Crippen LogP) is 7.80. The van der Waals surface area contributed by atoms with Gasteiger partial charge in [-0.25, -0.2) is 4.85 Å². The Balaban J connectivity index is 2.15. The summed E-state index contributed by atoms with van der Waals surface area (Å²) in [6.07, 6.45) is 0. The molecule has 4 rings (SSSR count). The van der Waals surface area contributed by atoms with Gasteiger partial charge in [-0.2, -0.15) is 5.26 Å². The lowest BCUT2D eigenvalue weighted by Crippen LogP contribution is -2.10. The Labute approximate surface area is 184 Å². The van der Waals surface area contributed by atoms with Crippen LogP contribution in [0.3, 0.4) is 0 Å². The van der Waals surface area contributed by atoms with Crippen molar-refractivity contribution in [3.05, 3.63) is 82.7 Å². The highest BCUT2D eigenvalue weighted by atomic mass is 15.0. The van der Waals surface area contributed by atoms with E-state index in [0.717, 1.165) is 16.7 Å². The van der Waals surface area contributed by atoms with Crippen LogP contribution in [0.5, 0.6) is 0 Å². The molecular formula is C28H27N3. The summed E-state index contributed by atoms with van der Waals surface area (Å²) < 4.78 is 2.18. The summed E-state index contributed by atoms with van der Waals surface area (Å²) in [7, 11) is 0. The summed E-state index contributed by atoms with van der Waals surface area (Å²) >= 11 is 0. The smallest absolute Gasteiger partial charge is 0.190 e. The van der Waals surface area contributed by atoms with E-state index >= 15 is 0 Å². The highest BCUT2D eigenvalue weighted by Gasteiger charge is 2.21. The normalized spacial score (nSPS) is 12.1. The number of nitrogens with zero attached hydrogens (tertiary/aromatic N) is 3. The molecule has 0 atom stereocenters. The molecule has 154 valence electrons. The molecule has 1 heterocycles. The van der Waals surface area contributed by atoms with Crippen molar-refractivity contribution in [1.82, 2.24) is 4.57 Å². The molecule has 31 heavy (non-hydrogen) atoms. The van der Waals surface area contributed by atoms with Gasteiger partial charge in [0.05, 0.1) is 23.7 Å². The molecule has 4 aromatic rings. The minimum absolute atomic E-state index is 0.0439. The predicted molar refractivity (Wildman–Crippen MR) is 129 cm³/mol. The van der Waals surface area contributed by atoms with E-state index in [-0.39, 0.29) is 10.8 Å². The zero-order chi connectivity index (χ0) is 22.6. The van der Waals surface area contributed by atoms with E-state index in [0.29, 0.717) is 11.3 Å². The summed E-state index contributed by atoms with van der Waals surface area (Å²) in [5.41, 5.74) is 6.64. The quantitative estimate of drug-likeness (QED) is 0.297. The lowest BCUT2D eigenvalue weighted by molar-refractivity contribution is 0.590. The van der Waals surface area contributed by atoms with Crippen molar-refractivity contribution in [2.24, 2.45) is 0 Å². The summed E-state index contributed by atoms with van der Waals surface area (Å²) in [5, 5.41) is 11.9. The molecule has 0 saturated carbocycles. The SMILES string of the molecule is [C-]#[N+]c1cc(C#N)cc(-n2c3ccc(C(C)(C)C)cc3c3cc(C(C)(C)C)ccc32)c1. The number of fused-ring (bicyclic) bond motifs is 3. The van der Waals surface area contributed by atoms with Gasteiger partial charge in [0, 0.05) is 22.0 Å². The molecule has 0 spiro atoms. The van der Waals surface area contributed by atoms with Crippen molar-refractivity contribution >= 4 is 27.5 Å². The first-order chi connectivity index (χ1) is 14.5. The van der Waals surface area contributed by atoms with Crippen LogP contribution in [0.25, 0.3) is 32.3 Å². The number of hydrogen-bond donors (Lipinski definition) is 0. The summed E-state index contributed by atoms with van der Waals surface area (Å²) in [6.45, 7) is 20.8. The topological polar surface area (TPSA) is 33.1 Å². The van der Waals surface area contributed by atoms with Crippen molar-refractivity contribution in [2.75, 3.05) is 0 Å². The first-order valence-electron chi connectivity index (χ1n) is 10.5. The fraction of sp³-hybridized carbons (Fsp3) is 0.286. The Hall–Kier alpha value is -3.56. The number of rotatable bonds is 1. The van der Waals surface area contributed by atoms with Gasteiger partial charge in [0.1, 0.15) is 0 Å². The third kappa shape index (κ3) is 3.58. The Bertz CT molecular complexity index is 1300. The zero-order valence-electron chi connectivity index (χ0n) is 19.0. The molecule has 0 unspecified atom stereocenters. The van der Waals surface area contributed by atoms with Crippen molar-refractivity contribution in [2.45, 2.75) is 52.4 Å². The minimum Gasteiger partial charge on any atom is -0.310 e. The highest BCUT2D eigenvalue weighted by Crippen LogP contribution is 2.38. The second-order valence-electron chi connectivity index (χ2n) is 10.3. The second kappa shape index (κ2) is 7.00. The van der Waals surface area contributed by atoms with Crippen LogP contribution in [0.2, 0.25) is 0 Å². The van der Waals surface area contributed by atoms with Crippen LogP contribution < -0.4 is 0 Å². The van der Waals surface area contributed by atoms with Crippen molar-refractivity contribution in [3.63, 3.8) is 0 Å². The summed E-state index contributed by atoms with van der Waals surface area (Å²) in [4.78, 5) is 3.59. The van der Waals surface area contributed by atoms with Gasteiger partial charge in [-0.05, 0) is 64.4 Å². The standard InChI is InChI=1S/C28H27N3/c1-27(2,3)19-8-10-25-23(14-19)24-15-20(28(4,5)6)9-11-26(24)31(25)22-13-18(17-29)12-21(16-22)30-7/h8-16H,1-6H3. The second-order valence-corrected chi connectivity index (χ2v) is 10.3. The molecule has 0 aliphatic rings. The van der Waals surface area contributed by atoms with E-state index in [1.165, 1.54) is 21.9 Å². The van der Waals surface area contributed by atoms with Crippen LogP contribution in [-0.4, -0.2) is 4.57 Å². The van der Waals surface area contributed by atoms with E-state index in [9.17, 15) is 5.26 Å². The molecule has 0 aliphatic heterocycles. The number of benzene rings is 3. The van der Waals surface area contributed by atoms with Crippen LogP contribution in [-0.2, 0) is 10.8 Å². The Morgan fingerprint density at radius 1 is 0.774 bits per heavy atom. The average Bonchev–Trinajstić information content (AvgIpc) is 3.05. The van der Waals surface area contributed by atoms with Crippen molar-refractivity contribution in [1.29, 1.82) is 5.26 Å². The van der Waals surface area contributed by atoms with Gasteiger partial charge in [0.2, 0.25) is 0 Å². The van der Waals surface area contributed by atoms with Gasteiger partial charge < -0.3 is 4.57 Å². The lowest BCUT2D eigenvalue weighted by atomic mass is 9.85.